The Kier molecular flexibility index (Phi) is 3.80. The highest BCUT2D eigenvalue weighted by Gasteiger charge is 2.45. The molecular weight excluding hydrogens is 264 g/mol. The van der Waals surface area contributed by atoms with E-state index in [-0.39, 0.29) is 11.6 Å². The molecule has 0 saturated heterocycles. The lowest BCUT2D eigenvalue weighted by Gasteiger charge is -2.39. The number of carboxylic acids is 1. The van der Waals surface area contributed by atoms with Crippen molar-refractivity contribution in [3.8, 4) is 0 Å². The van der Waals surface area contributed by atoms with Crippen LogP contribution in [-0.2, 0) is 11.8 Å². The van der Waals surface area contributed by atoms with Gasteiger partial charge in [-0.25, -0.2) is 0 Å². The second-order valence-corrected chi connectivity index (χ2v) is 5.83. The van der Waals surface area contributed by atoms with Gasteiger partial charge in [-0.05, 0) is 37.6 Å². The van der Waals surface area contributed by atoms with Crippen molar-refractivity contribution in [2.45, 2.75) is 40.2 Å². The minimum atomic E-state index is -1.13. The summed E-state index contributed by atoms with van der Waals surface area (Å²) in [5.74, 6) is -0.620. The number of carbonyl (C=O) groups is 1. The summed E-state index contributed by atoms with van der Waals surface area (Å²) in [5, 5.41) is 23.3. The normalized spacial score (nSPS) is 12.3. The van der Waals surface area contributed by atoms with Crippen molar-refractivity contribution >= 4 is 17.6 Å². The third kappa shape index (κ3) is 2.45. The number of aliphatic carboxylic acids is 1. The summed E-state index contributed by atoms with van der Waals surface area (Å²) in [6, 6.07) is 0. The molecule has 0 bridgehead atoms. The standard InChI is InChI=1S/C12H20N4O4/c1-7-13-8(16(19)20)9(15(7)6)14-12(4,5)11(2,3)10(17)18/h14H,1-6H3,(H,17,18). The Hall–Kier alpha value is -2.12. The van der Waals surface area contributed by atoms with Gasteiger partial charge in [0, 0.05) is 19.5 Å². The van der Waals surface area contributed by atoms with Gasteiger partial charge in [0.2, 0.25) is 11.6 Å². The maximum absolute atomic E-state index is 11.4. The first kappa shape index (κ1) is 15.9. The Bertz CT molecular complexity index is 560. The second-order valence-electron chi connectivity index (χ2n) is 5.83. The first-order valence-corrected chi connectivity index (χ1v) is 6.11. The molecule has 0 unspecified atom stereocenters. The molecule has 1 rings (SSSR count). The summed E-state index contributed by atoms with van der Waals surface area (Å²) >= 11 is 0. The predicted octanol–water partition coefficient (Wildman–Crippen LogP) is 1.94. The van der Waals surface area contributed by atoms with E-state index in [0.29, 0.717) is 5.82 Å². The first-order valence-electron chi connectivity index (χ1n) is 6.11. The average Bonchev–Trinajstić information content (AvgIpc) is 2.56. The molecule has 1 heterocycles. The van der Waals surface area contributed by atoms with Crippen LogP contribution in [0.25, 0.3) is 0 Å². The molecule has 0 atom stereocenters. The summed E-state index contributed by atoms with van der Waals surface area (Å²) in [6.07, 6.45) is 0. The largest absolute Gasteiger partial charge is 0.481 e. The maximum atomic E-state index is 11.4. The number of nitrogens with zero attached hydrogens (tertiary/aromatic N) is 3. The van der Waals surface area contributed by atoms with E-state index in [1.807, 2.05) is 0 Å². The van der Waals surface area contributed by atoms with Gasteiger partial charge in [-0.2, -0.15) is 0 Å². The molecule has 20 heavy (non-hydrogen) atoms. The van der Waals surface area contributed by atoms with Gasteiger partial charge < -0.3 is 20.5 Å². The topological polar surface area (TPSA) is 110 Å². The van der Waals surface area contributed by atoms with Gasteiger partial charge in [0.15, 0.2) is 0 Å². The third-order valence-corrected chi connectivity index (χ3v) is 4.00. The highest BCUT2D eigenvalue weighted by molar-refractivity contribution is 5.76. The van der Waals surface area contributed by atoms with E-state index in [1.165, 1.54) is 4.57 Å². The van der Waals surface area contributed by atoms with E-state index < -0.39 is 21.8 Å². The van der Waals surface area contributed by atoms with E-state index in [9.17, 15) is 20.0 Å². The fourth-order valence-electron chi connectivity index (χ4n) is 1.58. The molecule has 2 N–H and O–H groups in total. The monoisotopic (exact) mass is 284 g/mol. The van der Waals surface area contributed by atoms with Crippen molar-refractivity contribution in [1.29, 1.82) is 0 Å². The Morgan fingerprint density at radius 2 is 1.90 bits per heavy atom. The SMILES string of the molecule is Cc1nc([N+](=O)[O-])c(NC(C)(C)C(C)(C)C(=O)O)n1C. The molecule has 1 aromatic rings. The van der Waals surface area contributed by atoms with E-state index in [1.54, 1.807) is 41.7 Å². The number of aromatic nitrogens is 2. The number of nitrogens with one attached hydrogen (secondary N) is 1. The summed E-state index contributed by atoms with van der Waals surface area (Å²) in [5.41, 5.74) is -2.04. The number of nitro groups is 1. The Balaban J connectivity index is 3.29. The molecule has 0 radical (unpaired) electrons. The summed E-state index contributed by atoms with van der Waals surface area (Å²) in [7, 11) is 1.64. The smallest absolute Gasteiger partial charge is 0.406 e. The fourth-order valence-corrected chi connectivity index (χ4v) is 1.58. The van der Waals surface area contributed by atoms with Gasteiger partial charge in [-0.3, -0.25) is 9.36 Å². The van der Waals surface area contributed by atoms with Crippen LogP contribution in [0.3, 0.4) is 0 Å². The molecule has 0 amide bonds. The molecule has 0 aliphatic carbocycles. The molecule has 0 fully saturated rings. The van der Waals surface area contributed by atoms with Crippen LogP contribution in [0.1, 0.15) is 33.5 Å². The average molecular weight is 284 g/mol. The van der Waals surface area contributed by atoms with Gasteiger partial charge in [0.1, 0.15) is 0 Å². The lowest BCUT2D eigenvalue weighted by atomic mass is 9.74. The first-order chi connectivity index (χ1) is 8.91. The Morgan fingerprint density at radius 1 is 1.40 bits per heavy atom. The molecule has 0 aliphatic rings. The molecule has 1 aromatic heterocycles. The molecule has 8 heteroatoms. The van der Waals surface area contributed by atoms with Crippen LogP contribution in [-0.4, -0.2) is 31.1 Å². The zero-order valence-electron chi connectivity index (χ0n) is 12.5. The highest BCUT2D eigenvalue weighted by atomic mass is 16.6. The van der Waals surface area contributed by atoms with E-state index in [4.69, 9.17) is 0 Å². The molecule has 0 saturated carbocycles. The number of imidazole rings is 1. The lowest BCUT2D eigenvalue weighted by molar-refractivity contribution is -0.388. The van der Waals surface area contributed by atoms with Crippen LogP contribution in [0.4, 0.5) is 11.6 Å². The van der Waals surface area contributed by atoms with Crippen LogP contribution in [0.2, 0.25) is 0 Å². The Labute approximate surface area is 117 Å². The number of hydrogen-bond donors (Lipinski definition) is 2. The number of aryl methyl sites for hydroxylation is 1. The van der Waals surface area contributed by atoms with Gasteiger partial charge in [0.05, 0.1) is 5.41 Å². The van der Waals surface area contributed by atoms with Crippen LogP contribution in [0, 0.1) is 22.5 Å². The minimum Gasteiger partial charge on any atom is -0.481 e. The van der Waals surface area contributed by atoms with Crippen molar-refractivity contribution in [2.24, 2.45) is 12.5 Å². The quantitative estimate of drug-likeness (QED) is 0.631. The van der Waals surface area contributed by atoms with E-state index in [0.717, 1.165) is 0 Å². The molecule has 0 spiro atoms. The number of carboxylic acid groups (broad SMARTS) is 1. The van der Waals surface area contributed by atoms with E-state index >= 15 is 0 Å². The lowest BCUT2D eigenvalue weighted by Crippen LogP contribution is -2.51. The van der Waals surface area contributed by atoms with Crippen molar-refractivity contribution in [1.82, 2.24) is 9.55 Å². The summed E-state index contributed by atoms with van der Waals surface area (Å²) in [4.78, 5) is 25.7. The zero-order valence-corrected chi connectivity index (χ0v) is 12.5. The van der Waals surface area contributed by atoms with Crippen LogP contribution < -0.4 is 5.32 Å². The van der Waals surface area contributed by atoms with Crippen molar-refractivity contribution in [2.75, 3.05) is 5.32 Å². The second kappa shape index (κ2) is 4.77. The molecule has 0 aliphatic heterocycles. The van der Waals surface area contributed by atoms with Crippen LogP contribution in [0.5, 0.6) is 0 Å². The molecule has 8 nitrogen and oxygen atoms in total. The fraction of sp³-hybridized carbons (Fsp3) is 0.667. The number of anilines is 1. The van der Waals surface area contributed by atoms with Gasteiger partial charge in [-0.15, -0.1) is 0 Å². The summed E-state index contributed by atoms with van der Waals surface area (Å²) in [6.45, 7) is 8.16. The van der Waals surface area contributed by atoms with Gasteiger partial charge in [-0.1, -0.05) is 0 Å². The van der Waals surface area contributed by atoms with Crippen molar-refractivity contribution in [3.05, 3.63) is 15.9 Å². The van der Waals surface area contributed by atoms with E-state index in [2.05, 4.69) is 10.3 Å². The zero-order chi connectivity index (χ0) is 15.9. The molecule has 112 valence electrons. The molecule has 0 aromatic carbocycles. The van der Waals surface area contributed by atoms with Crippen molar-refractivity contribution < 1.29 is 14.8 Å². The Morgan fingerprint density at radius 3 is 2.30 bits per heavy atom. The summed E-state index contributed by atoms with van der Waals surface area (Å²) < 4.78 is 1.54. The van der Waals surface area contributed by atoms with Gasteiger partial charge in [0.25, 0.3) is 0 Å². The van der Waals surface area contributed by atoms with Crippen LogP contribution in [0.15, 0.2) is 0 Å². The van der Waals surface area contributed by atoms with Gasteiger partial charge >= 0.3 is 11.8 Å². The maximum Gasteiger partial charge on any atom is 0.406 e. The highest BCUT2D eigenvalue weighted by Crippen LogP contribution is 2.36. The number of rotatable bonds is 5. The van der Waals surface area contributed by atoms with Crippen molar-refractivity contribution in [3.63, 3.8) is 0 Å². The minimum absolute atomic E-state index is 0.201. The molecular formula is C12H20N4O4. The van der Waals surface area contributed by atoms with Crippen LogP contribution >= 0.6 is 0 Å². The predicted molar refractivity (Wildman–Crippen MR) is 73.7 cm³/mol. The third-order valence-electron chi connectivity index (χ3n) is 4.00. The number of hydrogen-bond acceptors (Lipinski definition) is 5.